The zero-order valence-electron chi connectivity index (χ0n) is 6.22. The first kappa shape index (κ1) is 7.07. The molecule has 0 amide bonds. The molecular weight excluding hydrogens is 112 g/mol. The first-order chi connectivity index (χ1) is 4.10. The average molecular weight is 127 g/mol. The smallest absolute Gasteiger partial charge is 0.0651 e. The minimum atomic E-state index is -0.466. The van der Waals surface area contributed by atoms with Crippen molar-refractivity contribution in [1.82, 2.24) is 0 Å². The lowest BCUT2D eigenvalue weighted by Gasteiger charge is -2.30. The normalized spacial score (nSPS) is 45.0. The molecule has 9 heavy (non-hydrogen) atoms. The van der Waals surface area contributed by atoms with Gasteiger partial charge in [0.1, 0.15) is 0 Å². The summed E-state index contributed by atoms with van der Waals surface area (Å²) in [5.41, 5.74) is -0.466. The molecule has 53 valence electrons. The summed E-state index contributed by atoms with van der Waals surface area (Å²) in [4.78, 5) is 0. The molecule has 1 aliphatic rings. The summed E-state index contributed by atoms with van der Waals surface area (Å²) >= 11 is 0. The van der Waals surface area contributed by atoms with E-state index in [0.29, 0.717) is 0 Å². The van der Waals surface area contributed by atoms with E-state index in [2.05, 4.69) is 6.92 Å². The fraction of sp³-hybridized carbons (Fsp3) is 0.875. The van der Waals surface area contributed by atoms with Gasteiger partial charge in [-0.15, -0.1) is 0 Å². The van der Waals surface area contributed by atoms with Crippen LogP contribution in [0.15, 0.2) is 0 Å². The zero-order valence-corrected chi connectivity index (χ0v) is 6.22. The Labute approximate surface area is 57.1 Å². The maximum atomic E-state index is 9.44. The van der Waals surface area contributed by atoms with Gasteiger partial charge in [0.2, 0.25) is 0 Å². The Morgan fingerprint density at radius 3 is 2.67 bits per heavy atom. The highest BCUT2D eigenvalue weighted by Crippen LogP contribution is 2.29. The summed E-state index contributed by atoms with van der Waals surface area (Å²) in [6.07, 6.45) is 5.21. The summed E-state index contributed by atoms with van der Waals surface area (Å²) in [6.45, 7) is 4.12. The number of hydrogen-bond donors (Lipinski definition) is 1. The summed E-state index contributed by atoms with van der Waals surface area (Å²) in [5.74, 6) is 0.783. The molecule has 0 aromatic carbocycles. The van der Waals surface area contributed by atoms with Crippen molar-refractivity contribution >= 4 is 0 Å². The van der Waals surface area contributed by atoms with Gasteiger partial charge in [0, 0.05) is 0 Å². The van der Waals surface area contributed by atoms with Crippen molar-refractivity contribution in [3.05, 3.63) is 6.42 Å². The first-order valence-corrected chi connectivity index (χ1v) is 3.67. The third-order valence-corrected chi connectivity index (χ3v) is 2.10. The minimum Gasteiger partial charge on any atom is -0.390 e. The third kappa shape index (κ3) is 1.98. The molecule has 0 heterocycles. The van der Waals surface area contributed by atoms with Crippen LogP contribution in [0.2, 0.25) is 0 Å². The van der Waals surface area contributed by atoms with E-state index in [1.807, 2.05) is 13.3 Å². The maximum absolute atomic E-state index is 9.44. The molecule has 0 aromatic rings. The van der Waals surface area contributed by atoms with Crippen LogP contribution in [0.25, 0.3) is 0 Å². The molecule has 1 fully saturated rings. The van der Waals surface area contributed by atoms with Gasteiger partial charge in [-0.3, -0.25) is 0 Å². The van der Waals surface area contributed by atoms with Crippen molar-refractivity contribution in [1.29, 1.82) is 0 Å². The van der Waals surface area contributed by atoms with Crippen molar-refractivity contribution in [2.45, 2.75) is 38.7 Å². The van der Waals surface area contributed by atoms with Crippen molar-refractivity contribution < 1.29 is 5.11 Å². The van der Waals surface area contributed by atoms with Crippen LogP contribution in [0.3, 0.4) is 0 Å². The summed E-state index contributed by atoms with van der Waals surface area (Å²) in [5, 5.41) is 9.44. The topological polar surface area (TPSA) is 20.2 Å². The largest absolute Gasteiger partial charge is 0.390 e. The quantitative estimate of drug-likeness (QED) is 0.525. The van der Waals surface area contributed by atoms with Crippen LogP contribution in [0.4, 0.5) is 0 Å². The molecule has 0 bridgehead atoms. The number of aliphatic hydroxyl groups is 1. The third-order valence-electron chi connectivity index (χ3n) is 2.10. The van der Waals surface area contributed by atoms with Gasteiger partial charge in [-0.1, -0.05) is 6.92 Å². The SMILES string of the molecule is CC1C[CH]C(C)(O)CC1. The molecule has 2 atom stereocenters. The molecule has 1 saturated carbocycles. The lowest BCUT2D eigenvalue weighted by atomic mass is 9.81. The van der Waals surface area contributed by atoms with E-state index in [1.54, 1.807) is 0 Å². The van der Waals surface area contributed by atoms with E-state index < -0.39 is 5.60 Å². The number of rotatable bonds is 0. The van der Waals surface area contributed by atoms with E-state index in [9.17, 15) is 5.11 Å². The molecule has 2 unspecified atom stereocenters. The van der Waals surface area contributed by atoms with Crippen molar-refractivity contribution in [2.24, 2.45) is 5.92 Å². The molecule has 0 aliphatic heterocycles. The van der Waals surface area contributed by atoms with Gasteiger partial charge in [0.25, 0.3) is 0 Å². The van der Waals surface area contributed by atoms with Crippen LogP contribution < -0.4 is 0 Å². The Bertz CT molecular complexity index is 86.7. The molecular formula is C8H15O. The van der Waals surface area contributed by atoms with E-state index in [0.717, 1.165) is 18.8 Å². The van der Waals surface area contributed by atoms with Crippen LogP contribution in [0.5, 0.6) is 0 Å². The van der Waals surface area contributed by atoms with Crippen LogP contribution in [0.1, 0.15) is 33.1 Å². The molecule has 0 saturated heterocycles. The van der Waals surface area contributed by atoms with E-state index >= 15 is 0 Å². The van der Waals surface area contributed by atoms with Gasteiger partial charge < -0.3 is 5.11 Å². The molecule has 1 nitrogen and oxygen atoms in total. The molecule has 1 radical (unpaired) electrons. The fourth-order valence-corrected chi connectivity index (χ4v) is 1.21. The van der Waals surface area contributed by atoms with Gasteiger partial charge in [-0.05, 0) is 38.5 Å². The fourth-order valence-electron chi connectivity index (χ4n) is 1.21. The lowest BCUT2D eigenvalue weighted by Crippen LogP contribution is -2.30. The zero-order chi connectivity index (χ0) is 6.91. The second kappa shape index (κ2) is 2.30. The molecule has 1 heteroatoms. The lowest BCUT2D eigenvalue weighted by molar-refractivity contribution is 0.0555. The standard InChI is InChI=1S/C8H15O/c1-7-3-5-8(2,9)6-4-7/h5,7,9H,3-4,6H2,1-2H3. The average Bonchev–Trinajstić information content (AvgIpc) is 1.78. The van der Waals surface area contributed by atoms with Crippen LogP contribution in [0, 0.1) is 12.3 Å². The molecule has 1 aliphatic carbocycles. The Morgan fingerprint density at radius 2 is 2.33 bits per heavy atom. The predicted octanol–water partition coefficient (Wildman–Crippen LogP) is 1.76. The second-order valence-electron chi connectivity index (χ2n) is 3.44. The van der Waals surface area contributed by atoms with Crippen molar-refractivity contribution in [3.63, 3.8) is 0 Å². The summed E-state index contributed by atoms with van der Waals surface area (Å²) < 4.78 is 0. The van der Waals surface area contributed by atoms with E-state index in [1.165, 1.54) is 6.42 Å². The Morgan fingerprint density at radius 1 is 1.67 bits per heavy atom. The minimum absolute atomic E-state index is 0.466. The van der Waals surface area contributed by atoms with Gasteiger partial charge in [-0.25, -0.2) is 0 Å². The van der Waals surface area contributed by atoms with Gasteiger partial charge in [0.05, 0.1) is 5.60 Å². The second-order valence-corrected chi connectivity index (χ2v) is 3.44. The highest BCUT2D eigenvalue weighted by Gasteiger charge is 2.26. The van der Waals surface area contributed by atoms with Crippen LogP contribution in [-0.2, 0) is 0 Å². The monoisotopic (exact) mass is 127 g/mol. The number of hydrogen-bond acceptors (Lipinski definition) is 1. The maximum Gasteiger partial charge on any atom is 0.0651 e. The molecule has 1 N–H and O–H groups in total. The molecule has 1 rings (SSSR count). The Kier molecular flexibility index (Phi) is 1.80. The highest BCUT2D eigenvalue weighted by molar-refractivity contribution is 4.94. The predicted molar refractivity (Wildman–Crippen MR) is 37.9 cm³/mol. The van der Waals surface area contributed by atoms with E-state index in [-0.39, 0.29) is 0 Å². The van der Waals surface area contributed by atoms with Gasteiger partial charge in [-0.2, -0.15) is 0 Å². The molecule has 0 aromatic heterocycles. The summed E-state index contributed by atoms with van der Waals surface area (Å²) in [6, 6.07) is 0. The van der Waals surface area contributed by atoms with Crippen molar-refractivity contribution in [3.8, 4) is 0 Å². The Balaban J connectivity index is 2.35. The summed E-state index contributed by atoms with van der Waals surface area (Å²) in [7, 11) is 0. The van der Waals surface area contributed by atoms with Gasteiger partial charge in [0.15, 0.2) is 0 Å². The van der Waals surface area contributed by atoms with Gasteiger partial charge >= 0.3 is 0 Å². The molecule has 0 spiro atoms. The van der Waals surface area contributed by atoms with Crippen LogP contribution >= 0.6 is 0 Å². The van der Waals surface area contributed by atoms with E-state index in [4.69, 9.17) is 0 Å². The first-order valence-electron chi connectivity index (χ1n) is 3.67. The van der Waals surface area contributed by atoms with Crippen molar-refractivity contribution in [2.75, 3.05) is 0 Å². The highest BCUT2D eigenvalue weighted by atomic mass is 16.3. The Hall–Kier alpha value is -0.0400. The van der Waals surface area contributed by atoms with Crippen LogP contribution in [-0.4, -0.2) is 10.7 Å².